The number of hydrogen-bond acceptors (Lipinski definition) is 5. The van der Waals surface area contributed by atoms with Crippen molar-refractivity contribution in [3.05, 3.63) is 53.5 Å². The van der Waals surface area contributed by atoms with E-state index in [2.05, 4.69) is 59.5 Å². The Kier molecular flexibility index (Phi) is 6.02. The van der Waals surface area contributed by atoms with Crippen LogP contribution in [0.15, 0.2) is 48.5 Å². The summed E-state index contributed by atoms with van der Waals surface area (Å²) in [4.78, 5) is 24.3. The summed E-state index contributed by atoms with van der Waals surface area (Å²) in [5.41, 5.74) is 3.17. The summed E-state index contributed by atoms with van der Waals surface area (Å²) in [7, 11) is 4.29. The highest BCUT2D eigenvalue weighted by Gasteiger charge is 2.26. The van der Waals surface area contributed by atoms with Crippen LogP contribution in [0.25, 0.3) is 10.2 Å². The third-order valence-electron chi connectivity index (χ3n) is 6.82. The molecule has 168 valence electrons. The second-order valence-corrected chi connectivity index (χ2v) is 10.2. The number of likely N-dealkylation sites (N-methyl/N-ethyl adjacent to an activating group) is 1. The molecule has 2 amide bonds. The first-order chi connectivity index (χ1) is 15.6. The lowest BCUT2D eigenvalue weighted by Crippen LogP contribution is -2.40. The number of urea groups is 1. The van der Waals surface area contributed by atoms with Gasteiger partial charge in [0.1, 0.15) is 0 Å². The molecule has 0 aliphatic carbocycles. The third-order valence-corrected chi connectivity index (χ3v) is 8.02. The lowest BCUT2D eigenvalue weighted by atomic mass is 9.98. The number of piperidine rings is 1. The highest BCUT2D eigenvalue weighted by Crippen LogP contribution is 2.34. The summed E-state index contributed by atoms with van der Waals surface area (Å²) < 4.78 is 1.25. The molecule has 1 unspecified atom stereocenters. The minimum atomic E-state index is -0.00524. The molecule has 2 aliphatic heterocycles. The summed E-state index contributed by atoms with van der Waals surface area (Å²) >= 11 is 1.79. The van der Waals surface area contributed by atoms with Crippen molar-refractivity contribution in [3.63, 3.8) is 0 Å². The number of anilines is 2. The van der Waals surface area contributed by atoms with Gasteiger partial charge < -0.3 is 20.0 Å². The molecule has 2 fully saturated rings. The van der Waals surface area contributed by atoms with Crippen LogP contribution in [0, 0.1) is 0 Å². The minimum absolute atomic E-state index is 0.00524. The third kappa shape index (κ3) is 4.45. The van der Waals surface area contributed by atoms with Gasteiger partial charge in [-0.25, -0.2) is 9.78 Å². The first kappa shape index (κ1) is 21.2. The number of amides is 2. The predicted octanol–water partition coefficient (Wildman–Crippen LogP) is 4.85. The zero-order valence-corrected chi connectivity index (χ0v) is 19.6. The average Bonchev–Trinajstić information content (AvgIpc) is 3.47. The van der Waals surface area contributed by atoms with Crippen molar-refractivity contribution >= 4 is 39.0 Å². The van der Waals surface area contributed by atoms with Crippen molar-refractivity contribution in [1.29, 1.82) is 0 Å². The van der Waals surface area contributed by atoms with E-state index in [-0.39, 0.29) is 6.03 Å². The van der Waals surface area contributed by atoms with Gasteiger partial charge in [0.05, 0.1) is 15.2 Å². The lowest BCUT2D eigenvalue weighted by Gasteiger charge is -2.31. The molecular weight excluding hydrogens is 418 g/mol. The van der Waals surface area contributed by atoms with E-state index in [1.807, 2.05) is 23.1 Å². The Bertz CT molecular complexity index is 1040. The van der Waals surface area contributed by atoms with Crippen molar-refractivity contribution in [2.24, 2.45) is 0 Å². The lowest BCUT2D eigenvalue weighted by molar-refractivity contribution is 0.194. The molecule has 6 nitrogen and oxygen atoms in total. The van der Waals surface area contributed by atoms with Crippen molar-refractivity contribution in [3.8, 4) is 0 Å². The fourth-order valence-electron chi connectivity index (χ4n) is 4.75. The molecule has 7 heteroatoms. The number of rotatable bonds is 4. The summed E-state index contributed by atoms with van der Waals surface area (Å²) in [6.45, 7) is 3.68. The number of aromatic nitrogens is 1. The van der Waals surface area contributed by atoms with Gasteiger partial charge in [-0.05, 0) is 69.8 Å². The van der Waals surface area contributed by atoms with Crippen LogP contribution in [0.2, 0.25) is 0 Å². The number of nitrogens with one attached hydrogen (secondary N) is 1. The number of carbonyl (C=O) groups is 1. The first-order valence-corrected chi connectivity index (χ1v) is 12.3. The Morgan fingerprint density at radius 1 is 1.03 bits per heavy atom. The Hall–Kier alpha value is -2.64. The second kappa shape index (κ2) is 9.08. The van der Waals surface area contributed by atoms with Crippen LogP contribution < -0.4 is 10.2 Å². The monoisotopic (exact) mass is 449 g/mol. The highest BCUT2D eigenvalue weighted by molar-refractivity contribution is 7.18. The maximum Gasteiger partial charge on any atom is 0.321 e. The molecule has 5 rings (SSSR count). The molecule has 32 heavy (non-hydrogen) atoms. The van der Waals surface area contributed by atoms with E-state index in [0.717, 1.165) is 50.2 Å². The van der Waals surface area contributed by atoms with Gasteiger partial charge in [-0.15, -0.1) is 11.3 Å². The quantitative estimate of drug-likeness (QED) is 0.619. The van der Waals surface area contributed by atoms with Crippen LogP contribution in [0.3, 0.4) is 0 Å². The van der Waals surface area contributed by atoms with Crippen molar-refractivity contribution < 1.29 is 4.79 Å². The number of para-hydroxylation sites is 1. The largest absolute Gasteiger partial charge is 0.370 e. The molecule has 1 aromatic heterocycles. The summed E-state index contributed by atoms with van der Waals surface area (Å²) in [5, 5.41) is 4.29. The number of fused-ring (bicyclic) bond motifs is 1. The molecule has 2 saturated heterocycles. The molecule has 3 aromatic rings. The van der Waals surface area contributed by atoms with E-state index in [9.17, 15) is 4.79 Å². The van der Waals surface area contributed by atoms with E-state index >= 15 is 0 Å². The van der Waals surface area contributed by atoms with Crippen LogP contribution >= 0.6 is 11.3 Å². The average molecular weight is 450 g/mol. The van der Waals surface area contributed by atoms with Crippen LogP contribution in [0.5, 0.6) is 0 Å². The number of nitrogens with zero attached hydrogens (tertiary/aromatic N) is 4. The van der Waals surface area contributed by atoms with Crippen molar-refractivity contribution in [2.45, 2.75) is 31.2 Å². The topological polar surface area (TPSA) is 51.7 Å². The van der Waals surface area contributed by atoms with Gasteiger partial charge in [-0.3, -0.25) is 0 Å². The van der Waals surface area contributed by atoms with Gasteiger partial charge in [0, 0.05) is 49.5 Å². The van der Waals surface area contributed by atoms with Gasteiger partial charge in [0.2, 0.25) is 0 Å². The predicted molar refractivity (Wildman–Crippen MR) is 133 cm³/mol. The fraction of sp³-hybridized carbons (Fsp3) is 0.440. The molecule has 0 spiro atoms. The van der Waals surface area contributed by atoms with Gasteiger partial charge in [0.25, 0.3) is 0 Å². The summed E-state index contributed by atoms with van der Waals surface area (Å²) in [5.74, 6) is 0.446. The molecular formula is C25H31N5OS. The van der Waals surface area contributed by atoms with Crippen molar-refractivity contribution in [2.75, 3.05) is 50.5 Å². The molecule has 0 radical (unpaired) electrons. The molecule has 1 atom stereocenters. The number of thiazole rings is 1. The molecule has 2 aromatic carbocycles. The molecule has 3 heterocycles. The molecule has 1 N–H and O–H groups in total. The smallest absolute Gasteiger partial charge is 0.321 e. The minimum Gasteiger partial charge on any atom is -0.370 e. The van der Waals surface area contributed by atoms with Gasteiger partial charge >= 0.3 is 6.03 Å². The van der Waals surface area contributed by atoms with Crippen LogP contribution in [0.4, 0.5) is 16.2 Å². The molecule has 2 aliphatic rings. The van der Waals surface area contributed by atoms with Crippen LogP contribution in [-0.4, -0.2) is 67.1 Å². The Labute approximate surface area is 193 Å². The van der Waals surface area contributed by atoms with Gasteiger partial charge in [-0.1, -0.05) is 12.1 Å². The maximum absolute atomic E-state index is 12.8. The van der Waals surface area contributed by atoms with Crippen molar-refractivity contribution in [1.82, 2.24) is 14.8 Å². The maximum atomic E-state index is 12.8. The van der Waals surface area contributed by atoms with Crippen LogP contribution in [-0.2, 0) is 0 Å². The first-order valence-electron chi connectivity index (χ1n) is 11.5. The van der Waals surface area contributed by atoms with E-state index in [0.29, 0.717) is 12.0 Å². The standard InChI is InChI=1S/C25H31N5OS/c1-28(2)21-13-16-30(17-21)20-9-7-19(8-10-20)26-25(31)29-14-11-18(12-15-29)24-27-22-5-3-4-6-23(22)32-24/h3-10,18,21H,11-17H2,1-2H3,(H,26,31). The van der Waals surface area contributed by atoms with E-state index in [1.165, 1.54) is 21.8 Å². The van der Waals surface area contributed by atoms with E-state index in [1.54, 1.807) is 11.3 Å². The highest BCUT2D eigenvalue weighted by atomic mass is 32.1. The molecule has 0 saturated carbocycles. The normalized spacial score (nSPS) is 19.8. The number of carbonyl (C=O) groups excluding carboxylic acids is 1. The Balaban J connectivity index is 1.14. The zero-order chi connectivity index (χ0) is 22.1. The Morgan fingerprint density at radius 3 is 2.47 bits per heavy atom. The Morgan fingerprint density at radius 2 is 1.78 bits per heavy atom. The van der Waals surface area contributed by atoms with Gasteiger partial charge in [-0.2, -0.15) is 0 Å². The number of benzene rings is 2. The van der Waals surface area contributed by atoms with Crippen LogP contribution in [0.1, 0.15) is 30.2 Å². The molecule has 0 bridgehead atoms. The fourth-order valence-corrected chi connectivity index (χ4v) is 5.89. The SMILES string of the molecule is CN(C)C1CCN(c2ccc(NC(=O)N3CCC(c4nc5ccccc5s4)CC3)cc2)C1. The second-order valence-electron chi connectivity index (χ2n) is 9.11. The number of hydrogen-bond donors (Lipinski definition) is 1. The van der Waals surface area contributed by atoms with Gasteiger partial charge in [0.15, 0.2) is 0 Å². The van der Waals surface area contributed by atoms with E-state index < -0.39 is 0 Å². The zero-order valence-electron chi connectivity index (χ0n) is 18.8. The van der Waals surface area contributed by atoms with E-state index in [4.69, 9.17) is 4.98 Å². The summed E-state index contributed by atoms with van der Waals surface area (Å²) in [6, 6.07) is 17.2. The summed E-state index contributed by atoms with van der Waals surface area (Å²) in [6.07, 6.45) is 3.13. The number of likely N-dealkylation sites (tertiary alicyclic amines) is 1.